The zero-order chi connectivity index (χ0) is 13.1. The summed E-state index contributed by atoms with van der Waals surface area (Å²) in [7, 11) is 1.66. The number of ketones is 1. The Morgan fingerprint density at radius 2 is 2.28 bits per heavy atom. The molecule has 0 radical (unpaired) electrons. The molecular weight excluding hydrogens is 236 g/mol. The van der Waals surface area contributed by atoms with E-state index in [9.17, 15) is 9.59 Å². The van der Waals surface area contributed by atoms with Gasteiger partial charge in [-0.25, -0.2) is 4.79 Å². The van der Waals surface area contributed by atoms with E-state index >= 15 is 0 Å². The molecule has 0 aromatic heterocycles. The maximum absolute atomic E-state index is 12.2. The monoisotopic (exact) mass is 254 g/mol. The Morgan fingerprint density at radius 1 is 1.50 bits per heavy atom. The average Bonchev–Trinajstić information content (AvgIpc) is 2.38. The van der Waals surface area contributed by atoms with Crippen molar-refractivity contribution in [3.05, 3.63) is 11.8 Å². The summed E-state index contributed by atoms with van der Waals surface area (Å²) in [5.41, 5.74) is 0.0361. The lowest BCUT2D eigenvalue weighted by atomic mass is 9.79. The SMILES string of the molecule is CCOC(=O)C1=COC2CC(OC)CCC2C1=O. The molecule has 3 atom stereocenters. The minimum Gasteiger partial charge on any atom is -0.496 e. The maximum Gasteiger partial charge on any atom is 0.344 e. The van der Waals surface area contributed by atoms with Crippen LogP contribution in [0.2, 0.25) is 0 Å². The molecule has 1 saturated carbocycles. The normalized spacial score (nSPS) is 31.1. The number of rotatable bonds is 3. The highest BCUT2D eigenvalue weighted by molar-refractivity contribution is 6.18. The molecule has 5 heteroatoms. The Bertz CT molecular complexity index is 374. The smallest absolute Gasteiger partial charge is 0.344 e. The van der Waals surface area contributed by atoms with Crippen molar-refractivity contribution in [3.8, 4) is 0 Å². The molecule has 1 aliphatic heterocycles. The van der Waals surface area contributed by atoms with Crippen LogP contribution in [0, 0.1) is 5.92 Å². The van der Waals surface area contributed by atoms with Gasteiger partial charge in [0.25, 0.3) is 0 Å². The fourth-order valence-electron chi connectivity index (χ4n) is 2.53. The highest BCUT2D eigenvalue weighted by atomic mass is 16.5. The van der Waals surface area contributed by atoms with Crippen molar-refractivity contribution in [1.29, 1.82) is 0 Å². The van der Waals surface area contributed by atoms with Gasteiger partial charge in [-0.1, -0.05) is 0 Å². The Kier molecular flexibility index (Phi) is 4.01. The molecule has 1 fully saturated rings. The van der Waals surface area contributed by atoms with Crippen molar-refractivity contribution in [3.63, 3.8) is 0 Å². The van der Waals surface area contributed by atoms with Crippen LogP contribution in [-0.2, 0) is 23.8 Å². The minimum atomic E-state index is -0.588. The number of ether oxygens (including phenoxy) is 3. The molecule has 0 spiro atoms. The van der Waals surface area contributed by atoms with E-state index in [-0.39, 0.29) is 36.1 Å². The van der Waals surface area contributed by atoms with Gasteiger partial charge in [-0.15, -0.1) is 0 Å². The minimum absolute atomic E-state index is 0.0361. The molecule has 0 saturated heterocycles. The molecule has 0 bridgehead atoms. The van der Waals surface area contributed by atoms with E-state index in [4.69, 9.17) is 14.2 Å². The summed E-state index contributed by atoms with van der Waals surface area (Å²) in [5, 5.41) is 0. The summed E-state index contributed by atoms with van der Waals surface area (Å²) < 4.78 is 15.6. The first kappa shape index (κ1) is 13.1. The van der Waals surface area contributed by atoms with E-state index in [1.165, 1.54) is 6.26 Å². The summed E-state index contributed by atoms with van der Waals surface area (Å²) >= 11 is 0. The number of fused-ring (bicyclic) bond motifs is 1. The van der Waals surface area contributed by atoms with E-state index in [1.54, 1.807) is 14.0 Å². The van der Waals surface area contributed by atoms with Gasteiger partial charge < -0.3 is 14.2 Å². The molecule has 3 unspecified atom stereocenters. The molecule has 1 heterocycles. The third-order valence-electron chi connectivity index (χ3n) is 3.54. The highest BCUT2D eigenvalue weighted by Crippen LogP contribution is 2.34. The van der Waals surface area contributed by atoms with E-state index in [0.717, 1.165) is 6.42 Å². The van der Waals surface area contributed by atoms with Crippen LogP contribution < -0.4 is 0 Å². The van der Waals surface area contributed by atoms with Crippen molar-refractivity contribution < 1.29 is 23.8 Å². The molecule has 18 heavy (non-hydrogen) atoms. The lowest BCUT2D eigenvalue weighted by molar-refractivity contribution is -0.144. The Hall–Kier alpha value is -1.36. The van der Waals surface area contributed by atoms with Crippen LogP contribution in [0.4, 0.5) is 0 Å². The number of Topliss-reactive ketones (excluding diaryl/α,β-unsaturated/α-hetero) is 1. The Morgan fingerprint density at radius 3 is 2.94 bits per heavy atom. The lowest BCUT2D eigenvalue weighted by Gasteiger charge is -2.36. The average molecular weight is 254 g/mol. The van der Waals surface area contributed by atoms with Gasteiger partial charge in [0.1, 0.15) is 17.9 Å². The summed E-state index contributed by atoms with van der Waals surface area (Å²) in [6.07, 6.45) is 3.42. The van der Waals surface area contributed by atoms with Crippen LogP contribution in [0.5, 0.6) is 0 Å². The number of methoxy groups -OCH3 is 1. The van der Waals surface area contributed by atoms with E-state index < -0.39 is 5.97 Å². The van der Waals surface area contributed by atoms with E-state index in [0.29, 0.717) is 12.8 Å². The number of carbonyl (C=O) groups excluding carboxylic acids is 2. The maximum atomic E-state index is 12.2. The Labute approximate surface area is 106 Å². The summed E-state index contributed by atoms with van der Waals surface area (Å²) in [4.78, 5) is 23.8. The molecule has 2 aliphatic rings. The van der Waals surface area contributed by atoms with Gasteiger partial charge in [0.05, 0.1) is 18.6 Å². The van der Waals surface area contributed by atoms with Gasteiger partial charge in [-0.2, -0.15) is 0 Å². The summed E-state index contributed by atoms with van der Waals surface area (Å²) in [5.74, 6) is -0.977. The lowest BCUT2D eigenvalue weighted by Crippen LogP contribution is -2.42. The van der Waals surface area contributed by atoms with Crippen molar-refractivity contribution in [2.45, 2.75) is 38.4 Å². The predicted molar refractivity (Wildman–Crippen MR) is 62.7 cm³/mol. The fraction of sp³-hybridized carbons (Fsp3) is 0.692. The molecular formula is C13H18O5. The highest BCUT2D eigenvalue weighted by Gasteiger charge is 2.42. The van der Waals surface area contributed by atoms with Crippen LogP contribution >= 0.6 is 0 Å². The van der Waals surface area contributed by atoms with Crippen molar-refractivity contribution in [2.75, 3.05) is 13.7 Å². The molecule has 5 nitrogen and oxygen atoms in total. The summed E-state index contributed by atoms with van der Waals surface area (Å²) in [6.45, 7) is 1.96. The van der Waals surface area contributed by atoms with Crippen LogP contribution in [0.15, 0.2) is 11.8 Å². The molecule has 0 amide bonds. The van der Waals surface area contributed by atoms with Crippen molar-refractivity contribution in [2.24, 2.45) is 5.92 Å². The van der Waals surface area contributed by atoms with Crippen LogP contribution in [0.3, 0.4) is 0 Å². The fourth-order valence-corrected chi connectivity index (χ4v) is 2.53. The molecule has 0 aromatic carbocycles. The first-order valence-electron chi connectivity index (χ1n) is 6.27. The van der Waals surface area contributed by atoms with Gasteiger partial charge >= 0.3 is 5.97 Å². The molecule has 1 aliphatic carbocycles. The van der Waals surface area contributed by atoms with Gasteiger partial charge in [0.2, 0.25) is 0 Å². The molecule has 0 N–H and O–H groups in total. The van der Waals surface area contributed by atoms with Gasteiger partial charge in [-0.05, 0) is 19.8 Å². The Balaban J connectivity index is 2.09. The second-order valence-corrected chi connectivity index (χ2v) is 4.57. The third kappa shape index (κ3) is 2.41. The quantitative estimate of drug-likeness (QED) is 0.559. The van der Waals surface area contributed by atoms with Gasteiger partial charge in [-0.3, -0.25) is 4.79 Å². The number of hydrogen-bond acceptors (Lipinski definition) is 5. The van der Waals surface area contributed by atoms with Crippen molar-refractivity contribution >= 4 is 11.8 Å². The zero-order valence-corrected chi connectivity index (χ0v) is 10.7. The first-order valence-corrected chi connectivity index (χ1v) is 6.27. The van der Waals surface area contributed by atoms with Crippen LogP contribution in [0.1, 0.15) is 26.2 Å². The van der Waals surface area contributed by atoms with Crippen molar-refractivity contribution in [1.82, 2.24) is 0 Å². The number of hydrogen-bond donors (Lipinski definition) is 0. The number of carbonyl (C=O) groups is 2. The van der Waals surface area contributed by atoms with Gasteiger partial charge in [0, 0.05) is 13.5 Å². The summed E-state index contributed by atoms with van der Waals surface area (Å²) in [6, 6.07) is 0. The van der Waals surface area contributed by atoms with Gasteiger partial charge in [0.15, 0.2) is 5.78 Å². The van der Waals surface area contributed by atoms with Crippen LogP contribution in [0.25, 0.3) is 0 Å². The second kappa shape index (κ2) is 5.52. The molecule has 0 aromatic rings. The second-order valence-electron chi connectivity index (χ2n) is 4.57. The number of esters is 1. The molecule has 2 rings (SSSR count). The third-order valence-corrected chi connectivity index (χ3v) is 3.54. The first-order chi connectivity index (χ1) is 8.67. The largest absolute Gasteiger partial charge is 0.496 e. The van der Waals surface area contributed by atoms with Crippen LogP contribution in [-0.4, -0.2) is 37.7 Å². The standard InChI is InChI=1S/C13H18O5/c1-3-17-13(15)10-7-18-11-6-8(16-2)4-5-9(11)12(10)14/h7-9,11H,3-6H2,1-2H3. The topological polar surface area (TPSA) is 61.8 Å². The zero-order valence-electron chi connectivity index (χ0n) is 10.7. The molecule has 100 valence electrons. The van der Waals surface area contributed by atoms with E-state index in [1.807, 2.05) is 0 Å². The van der Waals surface area contributed by atoms with E-state index in [2.05, 4.69) is 0 Å². The predicted octanol–water partition coefficient (Wildman–Crippen LogP) is 1.22.